The molecule has 0 bridgehead atoms. The molecule has 0 aliphatic rings. The Balaban J connectivity index is 1.75. The molecule has 0 atom stereocenters. The average molecular weight is 438 g/mol. The molecule has 3 nitrogen and oxygen atoms in total. The first kappa shape index (κ1) is 18.8. The Morgan fingerprint density at radius 1 is 0.900 bits per heavy atom. The smallest absolute Gasteiger partial charge is 0.196 e. The zero-order valence-electron chi connectivity index (χ0n) is 15.4. The molecule has 7 heteroatoms. The van der Waals surface area contributed by atoms with E-state index in [0.717, 1.165) is 16.2 Å². The number of thiazole rings is 1. The molecular formula is C23H14ClF2N3S. The summed E-state index contributed by atoms with van der Waals surface area (Å²) < 4.78 is 29.0. The molecule has 5 aromatic rings. The molecule has 2 aromatic heterocycles. The highest BCUT2D eigenvalue weighted by atomic mass is 35.5. The van der Waals surface area contributed by atoms with Crippen molar-refractivity contribution in [2.45, 2.75) is 0 Å². The van der Waals surface area contributed by atoms with E-state index in [1.165, 1.54) is 35.6 Å². The number of hydrogen-bond donors (Lipinski definition) is 1. The molecule has 0 saturated carbocycles. The van der Waals surface area contributed by atoms with Gasteiger partial charge in [0, 0.05) is 16.6 Å². The van der Waals surface area contributed by atoms with E-state index in [0.29, 0.717) is 22.8 Å². The van der Waals surface area contributed by atoms with Crippen molar-refractivity contribution in [3.8, 4) is 22.5 Å². The molecule has 0 aliphatic carbocycles. The summed E-state index contributed by atoms with van der Waals surface area (Å²) in [5, 5.41) is 5.65. The quantitative estimate of drug-likeness (QED) is 0.317. The number of nitrogens with one attached hydrogen (secondary N) is 1. The van der Waals surface area contributed by atoms with Gasteiger partial charge < -0.3 is 5.32 Å². The van der Waals surface area contributed by atoms with Crippen LogP contribution in [0.2, 0.25) is 5.02 Å². The van der Waals surface area contributed by atoms with Crippen molar-refractivity contribution in [3.63, 3.8) is 0 Å². The van der Waals surface area contributed by atoms with Crippen molar-refractivity contribution in [1.29, 1.82) is 0 Å². The molecule has 5 rings (SSSR count). The minimum Gasteiger partial charge on any atom is -0.339 e. The van der Waals surface area contributed by atoms with Crippen molar-refractivity contribution in [3.05, 3.63) is 94.8 Å². The third-order valence-corrected chi connectivity index (χ3v) is 5.86. The van der Waals surface area contributed by atoms with Crippen LogP contribution in [0.1, 0.15) is 0 Å². The van der Waals surface area contributed by atoms with Crippen molar-refractivity contribution in [2.75, 3.05) is 5.32 Å². The lowest BCUT2D eigenvalue weighted by Gasteiger charge is -2.11. The fourth-order valence-electron chi connectivity index (χ4n) is 3.32. The van der Waals surface area contributed by atoms with Gasteiger partial charge in [0.05, 0.1) is 10.7 Å². The van der Waals surface area contributed by atoms with Gasteiger partial charge in [0.25, 0.3) is 0 Å². The molecule has 2 heterocycles. The van der Waals surface area contributed by atoms with Gasteiger partial charge in [0.1, 0.15) is 23.1 Å². The van der Waals surface area contributed by atoms with Gasteiger partial charge in [-0.25, -0.2) is 13.8 Å². The molecule has 0 aliphatic heterocycles. The number of rotatable bonds is 4. The Labute approximate surface area is 180 Å². The second kappa shape index (κ2) is 7.55. The molecule has 1 N–H and O–H groups in total. The van der Waals surface area contributed by atoms with Crippen LogP contribution in [0, 0.1) is 11.6 Å². The first-order valence-electron chi connectivity index (χ1n) is 9.13. The first-order valence-corrected chi connectivity index (χ1v) is 10.4. The lowest BCUT2D eigenvalue weighted by Crippen LogP contribution is -1.98. The van der Waals surface area contributed by atoms with E-state index in [4.69, 9.17) is 16.6 Å². The number of fused-ring (bicyclic) bond motifs is 1. The fraction of sp³-hybridized carbons (Fsp3) is 0. The number of nitrogens with zero attached hydrogens (tertiary/aromatic N) is 2. The van der Waals surface area contributed by atoms with Crippen LogP contribution in [0.5, 0.6) is 0 Å². The summed E-state index contributed by atoms with van der Waals surface area (Å²) >= 11 is 7.84. The fourth-order valence-corrected chi connectivity index (χ4v) is 4.48. The lowest BCUT2D eigenvalue weighted by molar-refractivity contribution is 0.627. The van der Waals surface area contributed by atoms with Gasteiger partial charge >= 0.3 is 0 Å². The Kier molecular flexibility index (Phi) is 4.73. The second-order valence-electron chi connectivity index (χ2n) is 6.67. The van der Waals surface area contributed by atoms with E-state index in [2.05, 4.69) is 5.32 Å². The summed E-state index contributed by atoms with van der Waals surface area (Å²) in [6, 6.07) is 20.3. The number of hydrogen-bond acceptors (Lipinski definition) is 3. The molecule has 30 heavy (non-hydrogen) atoms. The second-order valence-corrected chi connectivity index (χ2v) is 7.91. The Morgan fingerprint density at radius 2 is 1.63 bits per heavy atom. The van der Waals surface area contributed by atoms with Crippen LogP contribution in [0.4, 0.5) is 20.3 Å². The standard InChI is InChI=1S/C23H14ClF2N3S/c24-19-12-16(26)8-11-18(19)21-22(27-17-9-6-15(25)7-10-17)29-20(13-30-23(29)28-21)14-4-2-1-3-5-14/h1-13,27H. The number of anilines is 2. The van der Waals surface area contributed by atoms with E-state index >= 15 is 0 Å². The number of halogens is 3. The van der Waals surface area contributed by atoms with E-state index in [1.807, 2.05) is 40.1 Å². The first-order chi connectivity index (χ1) is 14.6. The summed E-state index contributed by atoms with van der Waals surface area (Å²) in [6.45, 7) is 0. The predicted molar refractivity (Wildman–Crippen MR) is 119 cm³/mol. The molecule has 3 aromatic carbocycles. The van der Waals surface area contributed by atoms with Crippen LogP contribution < -0.4 is 5.32 Å². The Hall–Kier alpha value is -3.22. The molecular weight excluding hydrogens is 424 g/mol. The maximum absolute atomic E-state index is 13.6. The average Bonchev–Trinajstić information content (AvgIpc) is 3.31. The summed E-state index contributed by atoms with van der Waals surface area (Å²) in [5.74, 6) is -0.0608. The van der Waals surface area contributed by atoms with Gasteiger partial charge in [-0.15, -0.1) is 11.3 Å². The molecule has 148 valence electrons. The molecule has 0 saturated heterocycles. The van der Waals surface area contributed by atoms with Crippen molar-refractivity contribution in [2.24, 2.45) is 0 Å². The molecule has 0 fully saturated rings. The highest BCUT2D eigenvalue weighted by Gasteiger charge is 2.21. The van der Waals surface area contributed by atoms with Gasteiger partial charge in [0.15, 0.2) is 4.96 Å². The van der Waals surface area contributed by atoms with Gasteiger partial charge in [-0.2, -0.15) is 0 Å². The maximum atomic E-state index is 13.6. The third kappa shape index (κ3) is 3.34. The molecule has 0 unspecified atom stereocenters. The van der Waals surface area contributed by atoms with Crippen molar-refractivity contribution < 1.29 is 8.78 Å². The van der Waals surface area contributed by atoms with E-state index < -0.39 is 5.82 Å². The summed E-state index contributed by atoms with van der Waals surface area (Å²) in [7, 11) is 0. The zero-order chi connectivity index (χ0) is 20.7. The normalized spacial score (nSPS) is 11.2. The molecule has 0 amide bonds. The number of benzene rings is 3. The Morgan fingerprint density at radius 3 is 2.37 bits per heavy atom. The topological polar surface area (TPSA) is 29.3 Å². The van der Waals surface area contributed by atoms with Gasteiger partial charge in [-0.05, 0) is 48.0 Å². The minimum atomic E-state index is -0.414. The highest BCUT2D eigenvalue weighted by Crippen LogP contribution is 2.39. The predicted octanol–water partition coefficient (Wildman–Crippen LogP) is 7.41. The van der Waals surface area contributed by atoms with Crippen molar-refractivity contribution in [1.82, 2.24) is 9.38 Å². The van der Waals surface area contributed by atoms with Crippen LogP contribution in [0.25, 0.3) is 27.5 Å². The highest BCUT2D eigenvalue weighted by molar-refractivity contribution is 7.15. The Bertz CT molecular complexity index is 1340. The largest absolute Gasteiger partial charge is 0.339 e. The number of imidazole rings is 1. The molecule has 0 radical (unpaired) electrons. The monoisotopic (exact) mass is 437 g/mol. The SMILES string of the molecule is Fc1ccc(Nc2c(-c3ccc(F)cc3Cl)nc3scc(-c4ccccc4)n23)cc1. The van der Waals surface area contributed by atoms with Crippen LogP contribution in [-0.2, 0) is 0 Å². The van der Waals surface area contributed by atoms with Crippen LogP contribution >= 0.6 is 22.9 Å². The summed E-state index contributed by atoms with van der Waals surface area (Å²) in [4.78, 5) is 5.53. The summed E-state index contributed by atoms with van der Waals surface area (Å²) in [6.07, 6.45) is 0. The lowest BCUT2D eigenvalue weighted by atomic mass is 10.1. The van der Waals surface area contributed by atoms with Crippen molar-refractivity contribution >= 4 is 39.4 Å². The summed E-state index contributed by atoms with van der Waals surface area (Å²) in [5.41, 5.74) is 3.88. The maximum Gasteiger partial charge on any atom is 0.196 e. The van der Waals surface area contributed by atoms with Gasteiger partial charge in [0.2, 0.25) is 0 Å². The van der Waals surface area contributed by atoms with Crippen LogP contribution in [0.3, 0.4) is 0 Å². The van der Waals surface area contributed by atoms with Gasteiger partial charge in [-0.1, -0.05) is 41.9 Å². The minimum absolute atomic E-state index is 0.268. The van der Waals surface area contributed by atoms with E-state index in [9.17, 15) is 8.78 Å². The number of aromatic nitrogens is 2. The van der Waals surface area contributed by atoms with Crippen LogP contribution in [-0.4, -0.2) is 9.38 Å². The van der Waals surface area contributed by atoms with E-state index in [-0.39, 0.29) is 10.8 Å². The molecule has 0 spiro atoms. The zero-order valence-corrected chi connectivity index (χ0v) is 17.0. The van der Waals surface area contributed by atoms with Crippen LogP contribution in [0.15, 0.2) is 78.2 Å². The van der Waals surface area contributed by atoms with Gasteiger partial charge in [-0.3, -0.25) is 4.40 Å². The van der Waals surface area contributed by atoms with E-state index in [1.54, 1.807) is 18.2 Å². The third-order valence-electron chi connectivity index (χ3n) is 4.73.